The average molecular weight is 211 g/mol. The predicted octanol–water partition coefficient (Wildman–Crippen LogP) is 2.71. The van der Waals surface area contributed by atoms with Gasteiger partial charge in [-0.05, 0) is 43.4 Å². The van der Waals surface area contributed by atoms with E-state index in [1.54, 1.807) is 0 Å². The van der Waals surface area contributed by atoms with Crippen molar-refractivity contribution in [2.24, 2.45) is 17.1 Å². The predicted molar refractivity (Wildman–Crippen MR) is 62.7 cm³/mol. The molecule has 2 heteroatoms. The van der Waals surface area contributed by atoms with E-state index in [-0.39, 0.29) is 5.60 Å². The zero-order valence-electron chi connectivity index (χ0n) is 10.4. The molecule has 3 unspecified atom stereocenters. The lowest BCUT2D eigenvalue weighted by molar-refractivity contribution is -0.139. The highest BCUT2D eigenvalue weighted by molar-refractivity contribution is 4.98. The van der Waals surface area contributed by atoms with Gasteiger partial charge in [0, 0.05) is 12.6 Å². The lowest BCUT2D eigenvalue weighted by atomic mass is 9.63. The van der Waals surface area contributed by atoms with E-state index in [0.717, 1.165) is 25.4 Å². The molecule has 0 aromatic heterocycles. The molecule has 2 N–H and O–H groups in total. The van der Waals surface area contributed by atoms with Crippen LogP contribution in [0.25, 0.3) is 0 Å². The van der Waals surface area contributed by atoms with Crippen LogP contribution in [0.15, 0.2) is 0 Å². The quantitative estimate of drug-likeness (QED) is 0.668. The topological polar surface area (TPSA) is 35.2 Å². The fourth-order valence-electron chi connectivity index (χ4n) is 4.00. The summed E-state index contributed by atoms with van der Waals surface area (Å²) in [6.45, 7) is 7.96. The molecule has 0 aromatic rings. The number of hydrogen-bond donors (Lipinski definition) is 1. The van der Waals surface area contributed by atoms with Crippen LogP contribution in [-0.2, 0) is 4.74 Å². The molecule has 0 bridgehead atoms. The monoisotopic (exact) mass is 211 g/mol. The molecule has 1 heterocycles. The van der Waals surface area contributed by atoms with Gasteiger partial charge in [0.15, 0.2) is 0 Å². The Hall–Kier alpha value is -0.0800. The van der Waals surface area contributed by atoms with Gasteiger partial charge in [0.05, 0.1) is 5.60 Å². The SMILES string of the molecule is CC1CC(C)(C)CC2(C1)CC(N)CCO2. The van der Waals surface area contributed by atoms with Crippen molar-refractivity contribution in [3.05, 3.63) is 0 Å². The first-order valence-corrected chi connectivity index (χ1v) is 6.30. The van der Waals surface area contributed by atoms with Crippen LogP contribution in [0.5, 0.6) is 0 Å². The molecule has 1 spiro atoms. The van der Waals surface area contributed by atoms with Gasteiger partial charge < -0.3 is 10.5 Å². The average Bonchev–Trinajstić information content (AvgIpc) is 1.97. The Bertz CT molecular complexity index is 235. The maximum atomic E-state index is 6.10. The minimum atomic E-state index is 0.110. The normalized spacial score (nSPS) is 45.6. The first kappa shape index (κ1) is 11.4. The van der Waals surface area contributed by atoms with Crippen LogP contribution in [0.4, 0.5) is 0 Å². The Balaban J connectivity index is 2.12. The molecule has 2 aliphatic rings. The summed E-state index contributed by atoms with van der Waals surface area (Å²) in [5.41, 5.74) is 6.63. The highest BCUT2D eigenvalue weighted by atomic mass is 16.5. The summed E-state index contributed by atoms with van der Waals surface area (Å²) in [5, 5.41) is 0. The van der Waals surface area contributed by atoms with E-state index >= 15 is 0 Å². The van der Waals surface area contributed by atoms with Gasteiger partial charge in [-0.25, -0.2) is 0 Å². The van der Waals surface area contributed by atoms with Crippen molar-refractivity contribution in [2.45, 2.75) is 64.5 Å². The van der Waals surface area contributed by atoms with E-state index in [2.05, 4.69) is 20.8 Å². The van der Waals surface area contributed by atoms with E-state index in [0.29, 0.717) is 11.5 Å². The summed E-state index contributed by atoms with van der Waals surface area (Å²) in [6.07, 6.45) is 5.84. The van der Waals surface area contributed by atoms with Crippen LogP contribution in [0.2, 0.25) is 0 Å². The van der Waals surface area contributed by atoms with Crippen molar-refractivity contribution in [3.8, 4) is 0 Å². The van der Waals surface area contributed by atoms with Crippen molar-refractivity contribution in [2.75, 3.05) is 6.61 Å². The Morgan fingerprint density at radius 2 is 1.93 bits per heavy atom. The van der Waals surface area contributed by atoms with Gasteiger partial charge in [0.1, 0.15) is 0 Å². The molecule has 3 atom stereocenters. The number of rotatable bonds is 0. The fourth-order valence-corrected chi connectivity index (χ4v) is 4.00. The molecule has 1 aliphatic carbocycles. The summed E-state index contributed by atoms with van der Waals surface area (Å²) >= 11 is 0. The second-order valence-corrected chi connectivity index (χ2v) is 6.64. The van der Waals surface area contributed by atoms with Crippen molar-refractivity contribution in [1.82, 2.24) is 0 Å². The molecule has 2 fully saturated rings. The van der Waals surface area contributed by atoms with Crippen molar-refractivity contribution in [3.63, 3.8) is 0 Å². The van der Waals surface area contributed by atoms with E-state index in [1.165, 1.54) is 19.3 Å². The fraction of sp³-hybridized carbons (Fsp3) is 1.00. The summed E-state index contributed by atoms with van der Waals surface area (Å²) < 4.78 is 6.10. The molecule has 88 valence electrons. The lowest BCUT2D eigenvalue weighted by Crippen LogP contribution is -2.51. The molecule has 0 aromatic carbocycles. The Morgan fingerprint density at radius 3 is 2.53 bits per heavy atom. The van der Waals surface area contributed by atoms with Gasteiger partial charge in [-0.15, -0.1) is 0 Å². The molecule has 2 nitrogen and oxygen atoms in total. The molecule has 1 saturated carbocycles. The maximum absolute atomic E-state index is 6.10. The van der Waals surface area contributed by atoms with E-state index in [9.17, 15) is 0 Å². The first-order valence-electron chi connectivity index (χ1n) is 6.30. The number of nitrogens with two attached hydrogens (primary N) is 1. The lowest BCUT2D eigenvalue weighted by Gasteiger charge is -2.50. The Labute approximate surface area is 93.6 Å². The minimum Gasteiger partial charge on any atom is -0.375 e. The van der Waals surface area contributed by atoms with Crippen LogP contribution < -0.4 is 5.73 Å². The van der Waals surface area contributed by atoms with Crippen LogP contribution in [0, 0.1) is 11.3 Å². The van der Waals surface area contributed by atoms with Gasteiger partial charge in [0.2, 0.25) is 0 Å². The highest BCUT2D eigenvalue weighted by Gasteiger charge is 2.45. The Kier molecular flexibility index (Phi) is 2.85. The van der Waals surface area contributed by atoms with E-state index in [4.69, 9.17) is 10.5 Å². The van der Waals surface area contributed by atoms with Crippen molar-refractivity contribution in [1.29, 1.82) is 0 Å². The zero-order chi connectivity index (χ0) is 11.1. The summed E-state index contributed by atoms with van der Waals surface area (Å²) in [7, 11) is 0. The van der Waals surface area contributed by atoms with Gasteiger partial charge in [-0.3, -0.25) is 0 Å². The third kappa shape index (κ3) is 2.54. The summed E-state index contributed by atoms with van der Waals surface area (Å²) in [5.74, 6) is 0.777. The second-order valence-electron chi connectivity index (χ2n) is 6.64. The van der Waals surface area contributed by atoms with Crippen molar-refractivity contribution < 1.29 is 4.74 Å². The third-order valence-electron chi connectivity index (χ3n) is 3.95. The highest BCUT2D eigenvalue weighted by Crippen LogP contribution is 2.48. The zero-order valence-corrected chi connectivity index (χ0v) is 10.4. The molecule has 0 radical (unpaired) electrons. The third-order valence-corrected chi connectivity index (χ3v) is 3.95. The smallest absolute Gasteiger partial charge is 0.0704 e. The summed E-state index contributed by atoms with van der Waals surface area (Å²) in [4.78, 5) is 0. The van der Waals surface area contributed by atoms with Crippen molar-refractivity contribution >= 4 is 0 Å². The summed E-state index contributed by atoms with van der Waals surface area (Å²) in [6, 6.07) is 0.361. The number of hydrogen-bond acceptors (Lipinski definition) is 2. The first-order chi connectivity index (χ1) is 6.91. The van der Waals surface area contributed by atoms with Crippen LogP contribution in [0.3, 0.4) is 0 Å². The largest absolute Gasteiger partial charge is 0.375 e. The minimum absolute atomic E-state index is 0.110. The van der Waals surface area contributed by atoms with Gasteiger partial charge in [0.25, 0.3) is 0 Å². The van der Waals surface area contributed by atoms with Crippen LogP contribution in [-0.4, -0.2) is 18.2 Å². The van der Waals surface area contributed by atoms with Gasteiger partial charge >= 0.3 is 0 Å². The molecule has 15 heavy (non-hydrogen) atoms. The van der Waals surface area contributed by atoms with Gasteiger partial charge in [-0.1, -0.05) is 20.8 Å². The molecular formula is C13H25NO. The molecule has 0 amide bonds. The molecule has 2 rings (SSSR count). The molecule has 1 saturated heterocycles. The maximum Gasteiger partial charge on any atom is 0.0704 e. The standard InChI is InChI=1S/C13H25NO/c1-10-6-12(2,3)9-13(7-10)8-11(14)4-5-15-13/h10-11H,4-9,14H2,1-3H3. The second kappa shape index (κ2) is 3.74. The van der Waals surface area contributed by atoms with Crippen LogP contribution >= 0.6 is 0 Å². The number of ether oxygens (including phenoxy) is 1. The van der Waals surface area contributed by atoms with E-state index in [1.807, 2.05) is 0 Å². The van der Waals surface area contributed by atoms with E-state index < -0.39 is 0 Å². The van der Waals surface area contributed by atoms with Crippen LogP contribution in [0.1, 0.15) is 52.9 Å². The molecular weight excluding hydrogens is 186 g/mol. The Morgan fingerprint density at radius 1 is 1.20 bits per heavy atom. The van der Waals surface area contributed by atoms with Gasteiger partial charge in [-0.2, -0.15) is 0 Å². The molecule has 1 aliphatic heterocycles.